The minimum absolute atomic E-state index is 0.240. The standard InChI is InChI=1S/C19H21FN2O2/c1-14-16(11-17(20)12-18(14)21)9-5-6-10-22-19(23)24-13-15-7-3-2-4-8-15/h2-5,7-9,11-12H,6,10,13,21H2,1H3,(H,22,23). The van der Waals surface area contributed by atoms with E-state index in [1.165, 1.54) is 12.1 Å². The van der Waals surface area contributed by atoms with E-state index in [1.54, 1.807) is 6.08 Å². The van der Waals surface area contributed by atoms with E-state index in [9.17, 15) is 9.18 Å². The minimum Gasteiger partial charge on any atom is -0.445 e. The van der Waals surface area contributed by atoms with Crippen molar-refractivity contribution in [1.29, 1.82) is 0 Å². The molecule has 0 saturated heterocycles. The predicted molar refractivity (Wildman–Crippen MR) is 93.8 cm³/mol. The van der Waals surface area contributed by atoms with Crippen molar-refractivity contribution in [2.24, 2.45) is 0 Å². The Balaban J connectivity index is 1.72. The van der Waals surface area contributed by atoms with Crippen LogP contribution in [0.5, 0.6) is 0 Å². The Labute approximate surface area is 141 Å². The Bertz CT molecular complexity index is 715. The molecule has 0 aromatic heterocycles. The Hall–Kier alpha value is -2.82. The van der Waals surface area contributed by atoms with Crippen LogP contribution in [0.4, 0.5) is 14.9 Å². The Morgan fingerprint density at radius 2 is 2.04 bits per heavy atom. The highest BCUT2D eigenvalue weighted by molar-refractivity contribution is 5.67. The highest BCUT2D eigenvalue weighted by atomic mass is 19.1. The summed E-state index contributed by atoms with van der Waals surface area (Å²) in [6, 6.07) is 12.2. The molecular weight excluding hydrogens is 307 g/mol. The smallest absolute Gasteiger partial charge is 0.407 e. The number of nitrogens with one attached hydrogen (secondary N) is 1. The number of carbonyl (C=O) groups excluding carboxylic acids is 1. The molecule has 3 N–H and O–H groups in total. The molecule has 0 heterocycles. The number of hydrogen-bond acceptors (Lipinski definition) is 3. The van der Waals surface area contributed by atoms with Gasteiger partial charge in [0, 0.05) is 12.2 Å². The lowest BCUT2D eigenvalue weighted by Gasteiger charge is -2.06. The number of nitrogens with two attached hydrogens (primary N) is 1. The molecule has 0 unspecified atom stereocenters. The van der Waals surface area contributed by atoms with E-state index in [-0.39, 0.29) is 12.4 Å². The highest BCUT2D eigenvalue weighted by Gasteiger charge is 2.03. The second-order valence-electron chi connectivity index (χ2n) is 5.39. The van der Waals surface area contributed by atoms with Crippen LogP contribution in [0.2, 0.25) is 0 Å². The summed E-state index contributed by atoms with van der Waals surface area (Å²) < 4.78 is 18.4. The number of rotatable bonds is 6. The molecule has 2 aromatic rings. The van der Waals surface area contributed by atoms with Crippen molar-refractivity contribution >= 4 is 17.9 Å². The van der Waals surface area contributed by atoms with E-state index < -0.39 is 6.09 Å². The van der Waals surface area contributed by atoms with Crippen molar-refractivity contribution in [2.75, 3.05) is 12.3 Å². The van der Waals surface area contributed by atoms with E-state index in [1.807, 2.05) is 43.3 Å². The third-order valence-corrected chi connectivity index (χ3v) is 3.54. The first-order chi connectivity index (χ1) is 11.6. The van der Waals surface area contributed by atoms with Gasteiger partial charge in [0.2, 0.25) is 0 Å². The summed E-state index contributed by atoms with van der Waals surface area (Å²) in [5, 5.41) is 2.67. The number of halogens is 1. The van der Waals surface area contributed by atoms with Gasteiger partial charge in [-0.1, -0.05) is 42.5 Å². The lowest BCUT2D eigenvalue weighted by Crippen LogP contribution is -2.24. The molecule has 0 radical (unpaired) electrons. The predicted octanol–water partition coefficient (Wildman–Crippen LogP) is 4.05. The van der Waals surface area contributed by atoms with Crippen molar-refractivity contribution in [3.05, 3.63) is 71.0 Å². The summed E-state index contributed by atoms with van der Waals surface area (Å²) in [6.45, 7) is 2.52. The number of ether oxygens (including phenoxy) is 1. The van der Waals surface area contributed by atoms with Gasteiger partial charge in [0.05, 0.1) is 0 Å². The van der Waals surface area contributed by atoms with Crippen molar-refractivity contribution in [1.82, 2.24) is 5.32 Å². The van der Waals surface area contributed by atoms with Crippen LogP contribution >= 0.6 is 0 Å². The molecule has 24 heavy (non-hydrogen) atoms. The van der Waals surface area contributed by atoms with Crippen LogP contribution in [0.1, 0.15) is 23.1 Å². The summed E-state index contributed by atoms with van der Waals surface area (Å²) in [5.41, 5.74) is 8.66. The van der Waals surface area contributed by atoms with Crippen molar-refractivity contribution in [3.8, 4) is 0 Å². The topological polar surface area (TPSA) is 64.3 Å². The molecule has 0 aliphatic rings. The molecule has 0 atom stereocenters. The van der Waals surface area contributed by atoms with Crippen molar-refractivity contribution < 1.29 is 13.9 Å². The summed E-state index contributed by atoms with van der Waals surface area (Å²) >= 11 is 0. The fourth-order valence-electron chi connectivity index (χ4n) is 2.14. The molecular formula is C19H21FN2O2. The number of carbonyl (C=O) groups is 1. The average molecular weight is 328 g/mol. The molecule has 2 rings (SSSR count). The number of benzene rings is 2. The summed E-state index contributed by atoms with van der Waals surface area (Å²) in [4.78, 5) is 11.6. The minimum atomic E-state index is -0.460. The van der Waals surface area contributed by atoms with Gasteiger partial charge in [0.1, 0.15) is 12.4 Å². The number of nitrogen functional groups attached to an aromatic ring is 1. The van der Waals surface area contributed by atoms with Gasteiger partial charge in [-0.05, 0) is 42.2 Å². The van der Waals surface area contributed by atoms with E-state index >= 15 is 0 Å². The maximum Gasteiger partial charge on any atom is 0.407 e. The van der Waals surface area contributed by atoms with E-state index in [0.29, 0.717) is 18.7 Å². The normalized spacial score (nSPS) is 10.8. The number of anilines is 1. The molecule has 0 saturated carbocycles. The van der Waals surface area contributed by atoms with E-state index in [4.69, 9.17) is 10.5 Å². The fraction of sp³-hybridized carbons (Fsp3) is 0.211. The molecule has 0 aliphatic carbocycles. The molecule has 4 nitrogen and oxygen atoms in total. The van der Waals surface area contributed by atoms with Crippen molar-refractivity contribution in [3.63, 3.8) is 0 Å². The molecule has 0 aliphatic heterocycles. The van der Waals surface area contributed by atoms with Crippen molar-refractivity contribution in [2.45, 2.75) is 20.0 Å². The van der Waals surface area contributed by atoms with Crippen LogP contribution < -0.4 is 11.1 Å². The molecule has 0 spiro atoms. The summed E-state index contributed by atoms with van der Waals surface area (Å²) in [7, 11) is 0. The molecule has 1 amide bonds. The Morgan fingerprint density at radius 1 is 1.29 bits per heavy atom. The third-order valence-electron chi connectivity index (χ3n) is 3.54. The highest BCUT2D eigenvalue weighted by Crippen LogP contribution is 2.19. The fourth-order valence-corrected chi connectivity index (χ4v) is 2.14. The maximum absolute atomic E-state index is 13.3. The van der Waals surface area contributed by atoms with Gasteiger partial charge >= 0.3 is 6.09 Å². The van der Waals surface area contributed by atoms with Gasteiger partial charge in [0.25, 0.3) is 0 Å². The first kappa shape index (κ1) is 17.5. The van der Waals surface area contributed by atoms with Crippen LogP contribution in [-0.4, -0.2) is 12.6 Å². The third kappa shape index (κ3) is 5.43. The van der Waals surface area contributed by atoms with Gasteiger partial charge in [-0.2, -0.15) is 0 Å². The number of hydrogen-bond donors (Lipinski definition) is 2. The zero-order valence-corrected chi connectivity index (χ0v) is 13.6. The largest absolute Gasteiger partial charge is 0.445 e. The second-order valence-corrected chi connectivity index (χ2v) is 5.39. The van der Waals surface area contributed by atoms with Crippen LogP contribution in [0.15, 0.2) is 48.5 Å². The molecule has 126 valence electrons. The lowest BCUT2D eigenvalue weighted by atomic mass is 10.1. The van der Waals surface area contributed by atoms with Crippen LogP contribution in [0.3, 0.4) is 0 Å². The molecule has 2 aromatic carbocycles. The first-order valence-corrected chi connectivity index (χ1v) is 7.73. The SMILES string of the molecule is Cc1c(N)cc(F)cc1C=CCCNC(=O)OCc1ccccc1. The average Bonchev–Trinajstić information content (AvgIpc) is 2.57. The summed E-state index contributed by atoms with van der Waals surface area (Å²) in [6.07, 6.45) is 3.80. The van der Waals surface area contributed by atoms with Gasteiger partial charge in [-0.15, -0.1) is 0 Å². The molecule has 5 heteroatoms. The second kappa shape index (κ2) is 8.72. The van der Waals surface area contributed by atoms with Gasteiger partial charge in [0.15, 0.2) is 0 Å². The monoisotopic (exact) mass is 328 g/mol. The van der Waals surface area contributed by atoms with Gasteiger partial charge in [-0.25, -0.2) is 9.18 Å². The molecule has 0 bridgehead atoms. The lowest BCUT2D eigenvalue weighted by molar-refractivity contribution is 0.140. The van der Waals surface area contributed by atoms with Gasteiger partial charge < -0.3 is 15.8 Å². The van der Waals surface area contributed by atoms with Crippen LogP contribution in [0.25, 0.3) is 6.08 Å². The number of amides is 1. The Kier molecular flexibility index (Phi) is 6.37. The number of alkyl carbamates (subject to hydrolysis) is 1. The molecule has 0 fully saturated rings. The van der Waals surface area contributed by atoms with Gasteiger partial charge in [-0.3, -0.25) is 0 Å². The zero-order chi connectivity index (χ0) is 17.4. The quantitative estimate of drug-likeness (QED) is 0.621. The van der Waals surface area contributed by atoms with Crippen LogP contribution in [-0.2, 0) is 11.3 Å². The van der Waals surface area contributed by atoms with E-state index in [2.05, 4.69) is 5.32 Å². The maximum atomic E-state index is 13.3. The zero-order valence-electron chi connectivity index (χ0n) is 13.6. The van der Waals surface area contributed by atoms with E-state index in [0.717, 1.165) is 16.7 Å². The summed E-state index contributed by atoms with van der Waals surface area (Å²) in [5.74, 6) is -0.361. The van der Waals surface area contributed by atoms with Crippen LogP contribution in [0, 0.1) is 12.7 Å². The Morgan fingerprint density at radius 3 is 2.79 bits per heavy atom. The first-order valence-electron chi connectivity index (χ1n) is 7.73.